The van der Waals surface area contributed by atoms with Crippen molar-refractivity contribution in [1.29, 1.82) is 0 Å². The Hall–Kier alpha value is -1.51. The van der Waals surface area contributed by atoms with E-state index < -0.39 is 5.91 Å². The molecule has 1 aromatic rings. The van der Waals surface area contributed by atoms with Gasteiger partial charge in [-0.25, -0.2) is 0 Å². The van der Waals surface area contributed by atoms with E-state index in [1.165, 1.54) is 0 Å². The molecule has 1 rings (SSSR count). The Bertz CT molecular complexity index is 379. The molecule has 0 aliphatic heterocycles. The average Bonchev–Trinajstić information content (AvgIpc) is 2.16. The summed E-state index contributed by atoms with van der Waals surface area (Å²) in [6, 6.07) is 3.60. The van der Waals surface area contributed by atoms with Gasteiger partial charge in [-0.2, -0.15) is 0 Å². The Morgan fingerprint density at radius 3 is 1.69 bits per heavy atom. The van der Waals surface area contributed by atoms with Crippen molar-refractivity contribution >= 4 is 11.6 Å². The fraction of sp³-hybridized carbons (Fsp3) is 0.462. The van der Waals surface area contributed by atoms with Gasteiger partial charge < -0.3 is 11.5 Å². The van der Waals surface area contributed by atoms with E-state index in [0.717, 1.165) is 16.8 Å². The van der Waals surface area contributed by atoms with Gasteiger partial charge in [0.25, 0.3) is 0 Å². The van der Waals surface area contributed by atoms with Gasteiger partial charge in [0, 0.05) is 11.3 Å². The molecule has 16 heavy (non-hydrogen) atoms. The highest BCUT2D eigenvalue weighted by molar-refractivity contribution is 5.94. The maximum atomic E-state index is 11.2. The maximum absolute atomic E-state index is 11.2. The molecule has 0 saturated carbocycles. The second-order valence-electron chi connectivity index (χ2n) is 4.74. The third kappa shape index (κ3) is 2.35. The van der Waals surface area contributed by atoms with Crippen LogP contribution in [0.1, 0.15) is 61.0 Å². The van der Waals surface area contributed by atoms with Gasteiger partial charge in [0.2, 0.25) is 5.91 Å². The van der Waals surface area contributed by atoms with E-state index in [-0.39, 0.29) is 11.8 Å². The lowest BCUT2D eigenvalue weighted by atomic mass is 9.90. The Kier molecular flexibility index (Phi) is 3.58. The number of anilines is 1. The van der Waals surface area contributed by atoms with Gasteiger partial charge in [-0.05, 0) is 35.1 Å². The summed E-state index contributed by atoms with van der Waals surface area (Å²) in [5.41, 5.74) is 14.8. The standard InChI is InChI=1S/C13H20N2O/c1-7(2)10-5-9(13(15)16)6-11(8(3)4)12(10)14/h5-8H,14H2,1-4H3,(H2,15,16). The van der Waals surface area contributed by atoms with Crippen LogP contribution >= 0.6 is 0 Å². The third-order valence-corrected chi connectivity index (χ3v) is 2.77. The molecule has 0 unspecified atom stereocenters. The first-order valence-electron chi connectivity index (χ1n) is 5.57. The molecule has 0 heterocycles. The Balaban J connectivity index is 3.45. The van der Waals surface area contributed by atoms with Crippen molar-refractivity contribution in [3.8, 4) is 0 Å². The first-order chi connectivity index (χ1) is 7.34. The lowest BCUT2D eigenvalue weighted by molar-refractivity contribution is 0.1000. The van der Waals surface area contributed by atoms with E-state index >= 15 is 0 Å². The van der Waals surface area contributed by atoms with Crippen molar-refractivity contribution in [2.75, 3.05) is 5.73 Å². The van der Waals surface area contributed by atoms with Crippen molar-refractivity contribution in [2.45, 2.75) is 39.5 Å². The van der Waals surface area contributed by atoms with Crippen LogP contribution in [0.25, 0.3) is 0 Å². The number of carbonyl (C=O) groups is 1. The highest BCUT2D eigenvalue weighted by atomic mass is 16.1. The van der Waals surface area contributed by atoms with E-state index in [9.17, 15) is 4.79 Å². The quantitative estimate of drug-likeness (QED) is 0.769. The summed E-state index contributed by atoms with van der Waals surface area (Å²) in [5, 5.41) is 0. The highest BCUT2D eigenvalue weighted by Gasteiger charge is 2.15. The Morgan fingerprint density at radius 2 is 1.44 bits per heavy atom. The molecule has 0 saturated heterocycles. The summed E-state index contributed by atoms with van der Waals surface area (Å²) < 4.78 is 0. The minimum absolute atomic E-state index is 0.289. The molecule has 1 aromatic carbocycles. The van der Waals surface area contributed by atoms with Crippen LogP contribution in [0.15, 0.2) is 12.1 Å². The summed E-state index contributed by atoms with van der Waals surface area (Å²) in [5.74, 6) is 0.178. The van der Waals surface area contributed by atoms with Gasteiger partial charge in [-0.1, -0.05) is 27.7 Å². The first-order valence-corrected chi connectivity index (χ1v) is 5.57. The number of carbonyl (C=O) groups excluding carboxylic acids is 1. The predicted octanol–water partition coefficient (Wildman–Crippen LogP) is 2.61. The van der Waals surface area contributed by atoms with Crippen LogP contribution < -0.4 is 11.5 Å². The second kappa shape index (κ2) is 4.56. The molecule has 4 N–H and O–H groups in total. The normalized spacial score (nSPS) is 11.1. The highest BCUT2D eigenvalue weighted by Crippen LogP contribution is 2.31. The van der Waals surface area contributed by atoms with Gasteiger partial charge in [-0.15, -0.1) is 0 Å². The number of amides is 1. The smallest absolute Gasteiger partial charge is 0.248 e. The lowest BCUT2D eigenvalue weighted by Crippen LogP contribution is -2.14. The number of hydrogen-bond acceptors (Lipinski definition) is 2. The Morgan fingerprint density at radius 1 is 1.06 bits per heavy atom. The van der Waals surface area contributed by atoms with Crippen LogP contribution in [0.4, 0.5) is 5.69 Å². The largest absolute Gasteiger partial charge is 0.398 e. The van der Waals surface area contributed by atoms with Crippen molar-refractivity contribution in [2.24, 2.45) is 5.73 Å². The molecule has 0 aliphatic carbocycles. The van der Waals surface area contributed by atoms with Crippen molar-refractivity contribution in [3.63, 3.8) is 0 Å². The monoisotopic (exact) mass is 220 g/mol. The topological polar surface area (TPSA) is 69.1 Å². The third-order valence-electron chi connectivity index (χ3n) is 2.77. The summed E-state index contributed by atoms with van der Waals surface area (Å²) in [6.45, 7) is 8.22. The average molecular weight is 220 g/mol. The molecular formula is C13H20N2O. The Labute approximate surface area is 96.8 Å². The molecule has 0 radical (unpaired) electrons. The number of nitrogen functional groups attached to an aromatic ring is 1. The predicted molar refractivity (Wildman–Crippen MR) is 67.6 cm³/mol. The fourth-order valence-corrected chi connectivity index (χ4v) is 1.80. The van der Waals surface area contributed by atoms with Gasteiger partial charge in [-0.3, -0.25) is 4.79 Å². The van der Waals surface area contributed by atoms with Gasteiger partial charge in [0.05, 0.1) is 0 Å². The fourth-order valence-electron chi connectivity index (χ4n) is 1.80. The summed E-state index contributed by atoms with van der Waals surface area (Å²) in [4.78, 5) is 11.2. The molecule has 3 heteroatoms. The maximum Gasteiger partial charge on any atom is 0.248 e. The van der Waals surface area contributed by atoms with E-state index in [4.69, 9.17) is 11.5 Å². The first kappa shape index (κ1) is 12.6. The van der Waals surface area contributed by atoms with Crippen LogP contribution in [0.2, 0.25) is 0 Å². The van der Waals surface area contributed by atoms with Crippen molar-refractivity contribution < 1.29 is 4.79 Å². The molecule has 0 bridgehead atoms. The number of nitrogens with two attached hydrogens (primary N) is 2. The van der Waals surface area contributed by atoms with E-state index in [1.54, 1.807) is 12.1 Å². The minimum atomic E-state index is -0.399. The lowest BCUT2D eigenvalue weighted by Gasteiger charge is -2.17. The van der Waals surface area contributed by atoms with E-state index in [0.29, 0.717) is 5.56 Å². The van der Waals surface area contributed by atoms with Gasteiger partial charge in [0.1, 0.15) is 0 Å². The molecule has 1 amide bonds. The summed E-state index contributed by atoms with van der Waals surface area (Å²) in [6.07, 6.45) is 0. The zero-order valence-corrected chi connectivity index (χ0v) is 10.4. The van der Waals surface area contributed by atoms with Crippen LogP contribution in [-0.4, -0.2) is 5.91 Å². The molecule has 0 fully saturated rings. The number of hydrogen-bond donors (Lipinski definition) is 2. The van der Waals surface area contributed by atoms with Crippen LogP contribution in [0, 0.1) is 0 Å². The van der Waals surface area contributed by atoms with Gasteiger partial charge >= 0.3 is 0 Å². The molecule has 0 atom stereocenters. The molecule has 88 valence electrons. The van der Waals surface area contributed by atoms with Crippen molar-refractivity contribution in [3.05, 3.63) is 28.8 Å². The molecule has 3 nitrogen and oxygen atoms in total. The second-order valence-corrected chi connectivity index (χ2v) is 4.74. The number of primary amides is 1. The van der Waals surface area contributed by atoms with E-state index in [1.807, 2.05) is 0 Å². The van der Waals surface area contributed by atoms with Crippen molar-refractivity contribution in [1.82, 2.24) is 0 Å². The van der Waals surface area contributed by atoms with Crippen LogP contribution in [0.3, 0.4) is 0 Å². The number of rotatable bonds is 3. The molecule has 0 aliphatic rings. The molecule has 0 spiro atoms. The van der Waals surface area contributed by atoms with Crippen LogP contribution in [0.5, 0.6) is 0 Å². The molecule has 0 aromatic heterocycles. The van der Waals surface area contributed by atoms with E-state index in [2.05, 4.69) is 27.7 Å². The number of benzene rings is 1. The minimum Gasteiger partial charge on any atom is -0.398 e. The van der Waals surface area contributed by atoms with Gasteiger partial charge in [0.15, 0.2) is 0 Å². The zero-order chi connectivity index (χ0) is 12.5. The summed E-state index contributed by atoms with van der Waals surface area (Å²) in [7, 11) is 0. The summed E-state index contributed by atoms with van der Waals surface area (Å²) >= 11 is 0. The molecular weight excluding hydrogens is 200 g/mol. The zero-order valence-electron chi connectivity index (χ0n) is 10.4. The van der Waals surface area contributed by atoms with Crippen LogP contribution in [-0.2, 0) is 0 Å². The SMILES string of the molecule is CC(C)c1cc(C(N)=O)cc(C(C)C)c1N.